The third-order valence-electron chi connectivity index (χ3n) is 6.57. The van der Waals surface area contributed by atoms with E-state index in [0.29, 0.717) is 18.2 Å². The van der Waals surface area contributed by atoms with Crippen molar-refractivity contribution in [1.29, 1.82) is 0 Å². The van der Waals surface area contributed by atoms with Gasteiger partial charge in [-0.05, 0) is 50.9 Å². The van der Waals surface area contributed by atoms with Crippen LogP contribution < -0.4 is 4.74 Å². The second-order valence-corrected chi connectivity index (χ2v) is 12.0. The average Bonchev–Trinajstić information content (AvgIpc) is 2.80. The van der Waals surface area contributed by atoms with Crippen molar-refractivity contribution in [2.45, 2.75) is 57.6 Å². The lowest BCUT2D eigenvalue weighted by Gasteiger charge is -2.38. The lowest BCUT2D eigenvalue weighted by Crippen LogP contribution is -2.50. The van der Waals surface area contributed by atoms with Gasteiger partial charge >= 0.3 is 0 Å². The van der Waals surface area contributed by atoms with Gasteiger partial charge in [0.1, 0.15) is 16.7 Å². The Labute approximate surface area is 205 Å². The monoisotopic (exact) mass is 492 g/mol. The van der Waals surface area contributed by atoms with Gasteiger partial charge in [-0.1, -0.05) is 32.6 Å². The fraction of sp³-hybridized carbons (Fsp3) is 0.692. The molecule has 0 saturated carbocycles. The molecule has 3 rings (SSSR count). The van der Waals surface area contributed by atoms with Crippen LogP contribution in [0.25, 0.3) is 0 Å². The molecule has 0 aliphatic carbocycles. The second kappa shape index (κ2) is 11.9. The highest BCUT2D eigenvalue weighted by molar-refractivity contribution is 7.89. The van der Waals surface area contributed by atoms with Crippen LogP contribution in [-0.4, -0.2) is 81.4 Å². The molecular formula is C26H40N2O5S. The minimum Gasteiger partial charge on any atom is -0.487 e. The molecule has 1 saturated heterocycles. The fourth-order valence-corrected chi connectivity index (χ4v) is 6.33. The Morgan fingerprint density at radius 3 is 2.56 bits per heavy atom. The van der Waals surface area contributed by atoms with E-state index in [4.69, 9.17) is 9.47 Å². The summed E-state index contributed by atoms with van der Waals surface area (Å²) in [5.74, 6) is 7.33. The Morgan fingerprint density at radius 2 is 1.91 bits per heavy atom. The molecule has 8 heteroatoms. The van der Waals surface area contributed by atoms with Crippen molar-refractivity contribution in [2.24, 2.45) is 17.8 Å². The van der Waals surface area contributed by atoms with E-state index in [1.165, 1.54) is 4.31 Å². The molecule has 2 aliphatic rings. The molecular weight excluding hydrogens is 452 g/mol. The highest BCUT2D eigenvalue weighted by atomic mass is 32.2. The standard InChI is InChI=1S/C26H40N2O5S/c1-19(2)6-7-22-8-9-26-24(14-22)33-25(17-27(5)16-23-10-12-32-13-11-23)20(3)15-28(21(4)18-29)34(26,30)31/h8-9,14,19-21,23,25,29H,10-13,15-18H2,1-5H3/t20-,21-,25-/m1/s1. The van der Waals surface area contributed by atoms with Crippen molar-refractivity contribution in [3.05, 3.63) is 23.8 Å². The number of fused-ring (bicyclic) bond motifs is 1. The Hall–Kier alpha value is -1.63. The van der Waals surface area contributed by atoms with Crippen LogP contribution >= 0.6 is 0 Å². The number of hydrogen-bond donors (Lipinski definition) is 1. The molecule has 0 radical (unpaired) electrons. The van der Waals surface area contributed by atoms with Crippen LogP contribution in [0.3, 0.4) is 0 Å². The summed E-state index contributed by atoms with van der Waals surface area (Å²) in [6.45, 7) is 11.1. The molecule has 2 aliphatic heterocycles. The summed E-state index contributed by atoms with van der Waals surface area (Å²) in [4.78, 5) is 2.42. The van der Waals surface area contributed by atoms with Crippen LogP contribution in [0, 0.1) is 29.6 Å². The zero-order valence-electron chi connectivity index (χ0n) is 21.2. The SMILES string of the molecule is CC(C)C#Cc1ccc2c(c1)O[C@H](CN(C)CC1CCOCC1)[C@H](C)CN([C@H](C)CO)S2(=O)=O. The smallest absolute Gasteiger partial charge is 0.247 e. The number of aliphatic hydroxyl groups excluding tert-OH is 1. The topological polar surface area (TPSA) is 79.3 Å². The first kappa shape index (κ1) is 27.0. The number of nitrogens with zero attached hydrogens (tertiary/aromatic N) is 2. The maximum Gasteiger partial charge on any atom is 0.247 e. The largest absolute Gasteiger partial charge is 0.487 e. The first-order valence-corrected chi connectivity index (χ1v) is 13.8. The normalized spacial score (nSPS) is 24.5. The van der Waals surface area contributed by atoms with Crippen molar-refractivity contribution in [3.8, 4) is 17.6 Å². The molecule has 2 heterocycles. The predicted molar refractivity (Wildman–Crippen MR) is 133 cm³/mol. The van der Waals surface area contributed by atoms with Crippen molar-refractivity contribution >= 4 is 10.0 Å². The number of ether oxygens (including phenoxy) is 2. The zero-order valence-corrected chi connectivity index (χ0v) is 22.0. The van der Waals surface area contributed by atoms with Gasteiger partial charge < -0.3 is 19.5 Å². The van der Waals surface area contributed by atoms with Gasteiger partial charge in [0.15, 0.2) is 0 Å². The van der Waals surface area contributed by atoms with E-state index in [2.05, 4.69) is 23.8 Å². The lowest BCUT2D eigenvalue weighted by atomic mass is 9.98. The molecule has 0 amide bonds. The number of aliphatic hydroxyl groups is 1. The first-order valence-electron chi connectivity index (χ1n) is 12.3. The molecule has 7 nitrogen and oxygen atoms in total. The number of likely N-dealkylation sites (N-methyl/N-ethyl adjacent to an activating group) is 1. The van der Waals surface area contributed by atoms with Crippen molar-refractivity contribution in [2.75, 3.05) is 46.5 Å². The molecule has 3 atom stereocenters. The minimum absolute atomic E-state index is 0.0699. The summed E-state index contributed by atoms with van der Waals surface area (Å²) in [6, 6.07) is 4.53. The van der Waals surface area contributed by atoms with Gasteiger partial charge in [-0.15, -0.1) is 0 Å². The molecule has 0 spiro atoms. The maximum absolute atomic E-state index is 13.6. The summed E-state index contributed by atoms with van der Waals surface area (Å²) in [5.41, 5.74) is 0.729. The molecule has 1 N–H and O–H groups in total. The second-order valence-electron chi connectivity index (χ2n) is 10.1. The Balaban J connectivity index is 1.94. The summed E-state index contributed by atoms with van der Waals surface area (Å²) in [5, 5.41) is 9.80. The molecule has 190 valence electrons. The molecule has 1 aromatic rings. The van der Waals surface area contributed by atoms with Crippen LogP contribution in [-0.2, 0) is 14.8 Å². The minimum atomic E-state index is -3.84. The number of rotatable bonds is 6. The van der Waals surface area contributed by atoms with Crippen molar-refractivity contribution in [3.63, 3.8) is 0 Å². The summed E-state index contributed by atoms with van der Waals surface area (Å²) in [7, 11) is -1.74. The average molecular weight is 493 g/mol. The fourth-order valence-electron chi connectivity index (χ4n) is 4.50. The van der Waals surface area contributed by atoms with E-state index >= 15 is 0 Å². The van der Waals surface area contributed by atoms with E-state index in [-0.39, 0.29) is 36.0 Å². The molecule has 1 fully saturated rings. The van der Waals surface area contributed by atoms with Gasteiger partial charge in [0.05, 0.1) is 6.61 Å². The third kappa shape index (κ3) is 6.73. The molecule has 0 unspecified atom stereocenters. The highest BCUT2D eigenvalue weighted by Crippen LogP contribution is 2.34. The molecule has 1 aromatic carbocycles. The quantitative estimate of drug-likeness (QED) is 0.616. The van der Waals surface area contributed by atoms with Crippen LogP contribution in [0.15, 0.2) is 23.1 Å². The van der Waals surface area contributed by atoms with Gasteiger partial charge in [-0.25, -0.2) is 8.42 Å². The summed E-state index contributed by atoms with van der Waals surface area (Å²) < 4.78 is 40.5. The Bertz CT molecular complexity index is 979. The van der Waals surface area contributed by atoms with Crippen LogP contribution in [0.5, 0.6) is 5.75 Å². The van der Waals surface area contributed by atoms with Gasteiger partial charge in [-0.3, -0.25) is 0 Å². The summed E-state index contributed by atoms with van der Waals surface area (Å²) >= 11 is 0. The Morgan fingerprint density at radius 1 is 1.21 bits per heavy atom. The van der Waals surface area contributed by atoms with Gasteiger partial charge in [0.25, 0.3) is 0 Å². The van der Waals surface area contributed by atoms with Gasteiger partial charge in [0, 0.05) is 56.3 Å². The van der Waals surface area contributed by atoms with E-state index in [1.807, 2.05) is 20.8 Å². The number of benzene rings is 1. The van der Waals surface area contributed by atoms with Crippen molar-refractivity contribution < 1.29 is 23.0 Å². The molecule has 0 bridgehead atoms. The number of sulfonamides is 1. The van der Waals surface area contributed by atoms with Crippen molar-refractivity contribution in [1.82, 2.24) is 9.21 Å². The zero-order chi connectivity index (χ0) is 24.9. The van der Waals surface area contributed by atoms with E-state index in [0.717, 1.165) is 38.2 Å². The maximum atomic E-state index is 13.6. The van der Waals surface area contributed by atoms with Crippen LogP contribution in [0.2, 0.25) is 0 Å². The lowest BCUT2D eigenvalue weighted by molar-refractivity contribution is 0.0402. The molecule has 0 aromatic heterocycles. The predicted octanol–water partition coefficient (Wildman–Crippen LogP) is 2.82. The number of hydrogen-bond acceptors (Lipinski definition) is 6. The third-order valence-corrected chi connectivity index (χ3v) is 8.59. The molecule has 34 heavy (non-hydrogen) atoms. The Kier molecular flexibility index (Phi) is 9.41. The first-order chi connectivity index (χ1) is 16.1. The van der Waals surface area contributed by atoms with Gasteiger partial charge in [0.2, 0.25) is 10.0 Å². The van der Waals surface area contributed by atoms with Crippen LogP contribution in [0.4, 0.5) is 0 Å². The van der Waals surface area contributed by atoms with E-state index in [9.17, 15) is 13.5 Å². The highest BCUT2D eigenvalue weighted by Gasteiger charge is 2.38. The van der Waals surface area contributed by atoms with Crippen LogP contribution in [0.1, 0.15) is 46.1 Å². The van der Waals surface area contributed by atoms with E-state index in [1.54, 1.807) is 25.1 Å². The van der Waals surface area contributed by atoms with Gasteiger partial charge in [-0.2, -0.15) is 4.31 Å². The summed E-state index contributed by atoms with van der Waals surface area (Å²) in [6.07, 6.45) is 1.92. The van der Waals surface area contributed by atoms with E-state index < -0.39 is 16.1 Å².